The first-order chi connectivity index (χ1) is 9.22. The van der Waals surface area contributed by atoms with Crippen LogP contribution in [-0.2, 0) is 0 Å². The van der Waals surface area contributed by atoms with Gasteiger partial charge in [-0.25, -0.2) is 4.98 Å². The Morgan fingerprint density at radius 2 is 2.11 bits per heavy atom. The van der Waals surface area contributed by atoms with Crippen LogP contribution < -0.4 is 5.56 Å². The lowest BCUT2D eigenvalue weighted by molar-refractivity contribution is 0.812. The first-order valence-corrected chi connectivity index (χ1v) is 7.01. The molecule has 1 aromatic carbocycles. The monoisotopic (exact) mass is 272 g/mol. The van der Waals surface area contributed by atoms with Gasteiger partial charge < -0.3 is 0 Å². The Morgan fingerprint density at radius 3 is 2.84 bits per heavy atom. The predicted molar refractivity (Wildman–Crippen MR) is 76.0 cm³/mol. The fourth-order valence-electron chi connectivity index (χ4n) is 2.04. The van der Waals surface area contributed by atoms with Crippen molar-refractivity contribution in [2.75, 3.05) is 6.26 Å². The van der Waals surface area contributed by atoms with Gasteiger partial charge in [-0.05, 0) is 24.8 Å². The third-order valence-electron chi connectivity index (χ3n) is 2.99. The van der Waals surface area contributed by atoms with Crippen LogP contribution in [0.4, 0.5) is 0 Å². The summed E-state index contributed by atoms with van der Waals surface area (Å²) in [5.74, 6) is 0. The average molecular weight is 272 g/mol. The summed E-state index contributed by atoms with van der Waals surface area (Å²) in [4.78, 5) is 17.0. The Balaban J connectivity index is 2.43. The number of para-hydroxylation sites is 1. The molecule has 1 N–H and O–H groups in total. The van der Waals surface area contributed by atoms with E-state index in [2.05, 4.69) is 15.2 Å². The summed E-state index contributed by atoms with van der Waals surface area (Å²) in [7, 11) is 0. The van der Waals surface area contributed by atoms with Gasteiger partial charge in [-0.2, -0.15) is 5.10 Å². The number of aromatic nitrogens is 4. The molecule has 3 rings (SSSR count). The quantitative estimate of drug-likeness (QED) is 0.573. The minimum atomic E-state index is -0.0996. The number of nitrogens with one attached hydrogen (secondary N) is 1. The van der Waals surface area contributed by atoms with Crippen molar-refractivity contribution in [1.29, 1.82) is 0 Å². The molecule has 0 bridgehead atoms. The fourth-order valence-corrected chi connectivity index (χ4v) is 2.58. The molecule has 2 heterocycles. The van der Waals surface area contributed by atoms with E-state index < -0.39 is 0 Å². The molecule has 0 aliphatic heterocycles. The molecule has 0 unspecified atom stereocenters. The fraction of sp³-hybridized carbons (Fsp3) is 0.154. The van der Waals surface area contributed by atoms with Crippen LogP contribution in [0.25, 0.3) is 16.7 Å². The van der Waals surface area contributed by atoms with Crippen LogP contribution in [0.3, 0.4) is 0 Å². The summed E-state index contributed by atoms with van der Waals surface area (Å²) in [5, 5.41) is 7.78. The van der Waals surface area contributed by atoms with Crippen molar-refractivity contribution in [2.45, 2.75) is 12.1 Å². The molecule has 0 radical (unpaired) electrons. The van der Waals surface area contributed by atoms with Gasteiger partial charge in [0.25, 0.3) is 5.56 Å². The number of aryl methyl sites for hydroxylation is 1. The van der Waals surface area contributed by atoms with Crippen LogP contribution in [0.1, 0.15) is 5.56 Å². The van der Waals surface area contributed by atoms with Gasteiger partial charge in [0, 0.05) is 0 Å². The van der Waals surface area contributed by atoms with E-state index in [0.29, 0.717) is 16.2 Å². The summed E-state index contributed by atoms with van der Waals surface area (Å²) < 4.78 is 1.64. The molecule has 5 nitrogen and oxygen atoms in total. The highest BCUT2D eigenvalue weighted by Crippen LogP contribution is 2.20. The van der Waals surface area contributed by atoms with E-state index in [4.69, 9.17) is 0 Å². The SMILES string of the molecule is CSc1nc2[nH]ncc2c(=O)n1-c1ccccc1C. The van der Waals surface area contributed by atoms with E-state index >= 15 is 0 Å². The van der Waals surface area contributed by atoms with Gasteiger partial charge in [-0.15, -0.1) is 0 Å². The van der Waals surface area contributed by atoms with Crippen LogP contribution in [0.15, 0.2) is 40.4 Å². The van der Waals surface area contributed by atoms with Crippen LogP contribution >= 0.6 is 11.8 Å². The minimum Gasteiger partial charge on any atom is -0.268 e. The number of thioether (sulfide) groups is 1. The highest BCUT2D eigenvalue weighted by atomic mass is 32.2. The summed E-state index contributed by atoms with van der Waals surface area (Å²) in [6.07, 6.45) is 3.42. The second-order valence-corrected chi connectivity index (χ2v) is 4.93. The van der Waals surface area contributed by atoms with Crippen molar-refractivity contribution in [2.24, 2.45) is 0 Å². The molecule has 3 aromatic rings. The molecule has 2 aromatic heterocycles. The normalized spacial score (nSPS) is 11.1. The summed E-state index contributed by atoms with van der Waals surface area (Å²) in [6, 6.07) is 7.76. The van der Waals surface area contributed by atoms with Gasteiger partial charge in [-0.1, -0.05) is 30.0 Å². The van der Waals surface area contributed by atoms with Gasteiger partial charge in [0.2, 0.25) is 0 Å². The Hall–Kier alpha value is -2.08. The zero-order valence-electron chi connectivity index (χ0n) is 10.5. The molecule has 0 spiro atoms. The van der Waals surface area contributed by atoms with Crippen molar-refractivity contribution < 1.29 is 0 Å². The minimum absolute atomic E-state index is 0.0996. The second kappa shape index (κ2) is 4.55. The lowest BCUT2D eigenvalue weighted by Crippen LogP contribution is -2.21. The molecular formula is C13H12N4OS. The van der Waals surface area contributed by atoms with Gasteiger partial charge in [0.1, 0.15) is 5.39 Å². The van der Waals surface area contributed by atoms with Crippen LogP contribution in [-0.4, -0.2) is 26.0 Å². The van der Waals surface area contributed by atoms with E-state index in [1.54, 1.807) is 4.57 Å². The van der Waals surface area contributed by atoms with Gasteiger partial charge >= 0.3 is 0 Å². The van der Waals surface area contributed by atoms with Crippen molar-refractivity contribution >= 4 is 22.8 Å². The standard InChI is InChI=1S/C13H12N4OS/c1-8-5-3-4-6-10(8)17-12(18)9-7-14-16-11(9)15-13(17)19-2/h3-7H,1-2H3,(H,14,16). The van der Waals surface area contributed by atoms with E-state index in [1.807, 2.05) is 37.4 Å². The predicted octanol–water partition coefficient (Wildman–Crippen LogP) is 2.14. The van der Waals surface area contributed by atoms with E-state index in [9.17, 15) is 4.79 Å². The highest BCUT2D eigenvalue weighted by molar-refractivity contribution is 7.98. The number of rotatable bonds is 2. The van der Waals surface area contributed by atoms with Crippen molar-refractivity contribution in [3.63, 3.8) is 0 Å². The number of benzene rings is 1. The van der Waals surface area contributed by atoms with Crippen molar-refractivity contribution in [1.82, 2.24) is 19.7 Å². The number of fused-ring (bicyclic) bond motifs is 1. The largest absolute Gasteiger partial charge is 0.269 e. The zero-order valence-corrected chi connectivity index (χ0v) is 11.4. The lowest BCUT2D eigenvalue weighted by atomic mass is 10.2. The third-order valence-corrected chi connectivity index (χ3v) is 3.63. The average Bonchev–Trinajstić information content (AvgIpc) is 2.88. The van der Waals surface area contributed by atoms with E-state index in [0.717, 1.165) is 11.3 Å². The maximum absolute atomic E-state index is 12.6. The summed E-state index contributed by atoms with van der Waals surface area (Å²) >= 11 is 1.44. The Morgan fingerprint density at radius 1 is 1.32 bits per heavy atom. The molecule has 19 heavy (non-hydrogen) atoms. The van der Waals surface area contributed by atoms with Gasteiger partial charge in [0.15, 0.2) is 10.8 Å². The van der Waals surface area contributed by atoms with Crippen molar-refractivity contribution in [3.8, 4) is 5.69 Å². The first kappa shape index (κ1) is 12.0. The Kier molecular flexibility index (Phi) is 2.87. The van der Waals surface area contributed by atoms with Gasteiger partial charge in [-0.3, -0.25) is 14.5 Å². The zero-order chi connectivity index (χ0) is 13.4. The number of nitrogens with zero attached hydrogens (tertiary/aromatic N) is 3. The first-order valence-electron chi connectivity index (χ1n) is 5.78. The number of H-pyrrole nitrogens is 1. The summed E-state index contributed by atoms with van der Waals surface area (Å²) in [5.41, 5.74) is 2.31. The molecule has 0 amide bonds. The maximum atomic E-state index is 12.6. The van der Waals surface area contributed by atoms with E-state index in [-0.39, 0.29) is 5.56 Å². The second-order valence-electron chi connectivity index (χ2n) is 4.16. The molecule has 0 saturated carbocycles. The molecule has 6 heteroatoms. The number of hydrogen-bond acceptors (Lipinski definition) is 4. The van der Waals surface area contributed by atoms with Crippen molar-refractivity contribution in [3.05, 3.63) is 46.4 Å². The van der Waals surface area contributed by atoms with Crippen LogP contribution in [0.5, 0.6) is 0 Å². The summed E-state index contributed by atoms with van der Waals surface area (Å²) in [6.45, 7) is 1.98. The van der Waals surface area contributed by atoms with Crippen LogP contribution in [0.2, 0.25) is 0 Å². The number of hydrogen-bond donors (Lipinski definition) is 1. The number of aromatic amines is 1. The molecule has 0 aliphatic rings. The smallest absolute Gasteiger partial charge is 0.268 e. The Labute approximate surface area is 113 Å². The lowest BCUT2D eigenvalue weighted by Gasteiger charge is -2.12. The van der Waals surface area contributed by atoms with E-state index in [1.165, 1.54) is 18.0 Å². The molecule has 0 saturated heterocycles. The molecule has 0 fully saturated rings. The highest BCUT2D eigenvalue weighted by Gasteiger charge is 2.14. The Bertz CT molecular complexity index is 806. The molecule has 0 aliphatic carbocycles. The van der Waals surface area contributed by atoms with Crippen LogP contribution in [0, 0.1) is 6.92 Å². The molecule has 0 atom stereocenters. The third kappa shape index (κ3) is 1.84. The topological polar surface area (TPSA) is 63.6 Å². The van der Waals surface area contributed by atoms with Gasteiger partial charge in [0.05, 0.1) is 11.9 Å². The maximum Gasteiger partial charge on any atom is 0.269 e. The molecular weight excluding hydrogens is 260 g/mol. The molecule has 96 valence electrons.